The summed E-state index contributed by atoms with van der Waals surface area (Å²) in [5.41, 5.74) is 2.46. The molecule has 2 atom stereocenters. The quantitative estimate of drug-likeness (QED) is 0.890. The van der Waals surface area contributed by atoms with Crippen molar-refractivity contribution in [3.63, 3.8) is 0 Å². The Hall–Kier alpha value is -1.35. The number of hydrogen-bond acceptors (Lipinski definition) is 2. The van der Waals surface area contributed by atoms with Gasteiger partial charge < -0.3 is 9.84 Å². The van der Waals surface area contributed by atoms with E-state index in [1.54, 1.807) is 0 Å². The SMILES string of the molecule is CC(C)C(CC1OCCc2ccccc21)C(=O)O. The van der Waals surface area contributed by atoms with Crippen molar-refractivity contribution < 1.29 is 14.6 Å². The van der Waals surface area contributed by atoms with Crippen LogP contribution in [0.5, 0.6) is 0 Å². The highest BCUT2D eigenvalue weighted by molar-refractivity contribution is 5.70. The standard InChI is InChI=1S/C15H20O3/c1-10(2)13(15(16)17)9-14-12-6-4-3-5-11(12)7-8-18-14/h3-6,10,13-14H,7-9H2,1-2H3,(H,16,17). The normalized spacial score (nSPS) is 20.5. The molecule has 3 nitrogen and oxygen atoms in total. The first-order valence-corrected chi connectivity index (χ1v) is 6.51. The highest BCUT2D eigenvalue weighted by Crippen LogP contribution is 2.34. The second kappa shape index (κ2) is 5.53. The largest absolute Gasteiger partial charge is 0.481 e. The number of ether oxygens (including phenoxy) is 1. The lowest BCUT2D eigenvalue weighted by atomic mass is 9.86. The second-order valence-electron chi connectivity index (χ2n) is 5.23. The lowest BCUT2D eigenvalue weighted by Crippen LogP contribution is -2.26. The number of hydrogen-bond donors (Lipinski definition) is 1. The highest BCUT2D eigenvalue weighted by atomic mass is 16.5. The monoisotopic (exact) mass is 248 g/mol. The summed E-state index contributed by atoms with van der Waals surface area (Å²) in [5, 5.41) is 9.27. The van der Waals surface area contributed by atoms with Gasteiger partial charge in [-0.05, 0) is 29.9 Å². The topological polar surface area (TPSA) is 46.5 Å². The van der Waals surface area contributed by atoms with Crippen molar-refractivity contribution in [3.8, 4) is 0 Å². The predicted octanol–water partition coefficient (Wildman–Crippen LogP) is 3.05. The van der Waals surface area contributed by atoms with Gasteiger partial charge in [-0.3, -0.25) is 4.79 Å². The first-order valence-electron chi connectivity index (χ1n) is 6.51. The molecule has 1 aromatic carbocycles. The van der Waals surface area contributed by atoms with Gasteiger partial charge in [-0.15, -0.1) is 0 Å². The maximum atomic E-state index is 11.3. The molecular weight excluding hydrogens is 228 g/mol. The van der Waals surface area contributed by atoms with E-state index in [1.165, 1.54) is 5.56 Å². The molecular formula is C15H20O3. The van der Waals surface area contributed by atoms with E-state index in [2.05, 4.69) is 12.1 Å². The summed E-state index contributed by atoms with van der Waals surface area (Å²) in [6.07, 6.45) is 1.41. The Balaban J connectivity index is 2.18. The van der Waals surface area contributed by atoms with Crippen molar-refractivity contribution >= 4 is 5.97 Å². The van der Waals surface area contributed by atoms with Crippen LogP contribution < -0.4 is 0 Å². The van der Waals surface area contributed by atoms with Crippen LogP contribution in [-0.2, 0) is 16.0 Å². The zero-order valence-corrected chi connectivity index (χ0v) is 10.9. The van der Waals surface area contributed by atoms with Gasteiger partial charge in [0.05, 0.1) is 18.6 Å². The zero-order chi connectivity index (χ0) is 13.1. The van der Waals surface area contributed by atoms with Crippen molar-refractivity contribution in [2.45, 2.75) is 32.8 Å². The average Bonchev–Trinajstić information content (AvgIpc) is 2.35. The first kappa shape index (κ1) is 13.1. The van der Waals surface area contributed by atoms with Gasteiger partial charge >= 0.3 is 5.97 Å². The summed E-state index contributed by atoms with van der Waals surface area (Å²) in [6, 6.07) is 8.18. The van der Waals surface area contributed by atoms with E-state index in [0.717, 1.165) is 12.0 Å². The third kappa shape index (κ3) is 2.72. The molecule has 98 valence electrons. The number of fused-ring (bicyclic) bond motifs is 1. The number of aliphatic carboxylic acids is 1. The smallest absolute Gasteiger partial charge is 0.306 e. The lowest BCUT2D eigenvalue weighted by molar-refractivity contribution is -0.145. The molecule has 0 saturated heterocycles. The van der Waals surface area contributed by atoms with Gasteiger partial charge in [-0.2, -0.15) is 0 Å². The van der Waals surface area contributed by atoms with Gasteiger partial charge in [-0.25, -0.2) is 0 Å². The van der Waals surface area contributed by atoms with Crippen molar-refractivity contribution in [1.82, 2.24) is 0 Å². The molecule has 0 aromatic heterocycles. The van der Waals surface area contributed by atoms with Gasteiger partial charge in [0.15, 0.2) is 0 Å². The summed E-state index contributed by atoms with van der Waals surface area (Å²) in [7, 11) is 0. The summed E-state index contributed by atoms with van der Waals surface area (Å²) in [4.78, 5) is 11.3. The van der Waals surface area contributed by atoms with E-state index in [0.29, 0.717) is 13.0 Å². The Morgan fingerprint density at radius 1 is 1.44 bits per heavy atom. The van der Waals surface area contributed by atoms with Crippen LogP contribution in [0.15, 0.2) is 24.3 Å². The summed E-state index contributed by atoms with van der Waals surface area (Å²) >= 11 is 0. The van der Waals surface area contributed by atoms with Crippen molar-refractivity contribution in [2.75, 3.05) is 6.61 Å². The van der Waals surface area contributed by atoms with Crippen LogP contribution in [0, 0.1) is 11.8 Å². The molecule has 0 fully saturated rings. The van der Waals surface area contributed by atoms with E-state index in [1.807, 2.05) is 26.0 Å². The van der Waals surface area contributed by atoms with Gasteiger partial charge in [0.2, 0.25) is 0 Å². The number of benzene rings is 1. The molecule has 0 saturated carbocycles. The maximum absolute atomic E-state index is 11.3. The summed E-state index contributed by atoms with van der Waals surface area (Å²) in [5.74, 6) is -0.946. The number of carbonyl (C=O) groups is 1. The van der Waals surface area contributed by atoms with E-state index in [4.69, 9.17) is 4.74 Å². The van der Waals surface area contributed by atoms with Gasteiger partial charge in [0.1, 0.15) is 0 Å². The highest BCUT2D eigenvalue weighted by Gasteiger charge is 2.29. The fraction of sp³-hybridized carbons (Fsp3) is 0.533. The molecule has 0 radical (unpaired) electrons. The first-order chi connectivity index (χ1) is 8.59. The lowest BCUT2D eigenvalue weighted by Gasteiger charge is -2.29. The zero-order valence-electron chi connectivity index (χ0n) is 10.9. The van der Waals surface area contributed by atoms with Crippen LogP contribution in [0.1, 0.15) is 37.5 Å². The summed E-state index contributed by atoms with van der Waals surface area (Å²) in [6.45, 7) is 4.59. The predicted molar refractivity (Wildman–Crippen MR) is 69.4 cm³/mol. The van der Waals surface area contributed by atoms with Crippen LogP contribution in [0.4, 0.5) is 0 Å². The molecule has 2 unspecified atom stereocenters. The Morgan fingerprint density at radius 2 is 2.17 bits per heavy atom. The Bertz CT molecular complexity index is 426. The fourth-order valence-electron chi connectivity index (χ4n) is 2.56. The molecule has 1 heterocycles. The molecule has 2 rings (SSSR count). The van der Waals surface area contributed by atoms with Gasteiger partial charge in [0, 0.05) is 0 Å². The molecule has 1 aliphatic heterocycles. The Labute approximate surface area is 108 Å². The minimum atomic E-state index is -0.725. The molecule has 1 aliphatic rings. The molecule has 0 bridgehead atoms. The molecule has 1 aromatic rings. The Kier molecular flexibility index (Phi) is 4.02. The van der Waals surface area contributed by atoms with Crippen LogP contribution in [0.25, 0.3) is 0 Å². The third-order valence-corrected chi connectivity index (χ3v) is 3.68. The average molecular weight is 248 g/mol. The molecule has 3 heteroatoms. The Morgan fingerprint density at radius 3 is 2.83 bits per heavy atom. The van der Waals surface area contributed by atoms with Crippen LogP contribution in [0.2, 0.25) is 0 Å². The fourth-order valence-corrected chi connectivity index (χ4v) is 2.56. The van der Waals surface area contributed by atoms with Crippen molar-refractivity contribution in [1.29, 1.82) is 0 Å². The molecule has 18 heavy (non-hydrogen) atoms. The molecule has 1 N–H and O–H groups in total. The number of carboxylic acids is 1. The number of carboxylic acid groups (broad SMARTS) is 1. The third-order valence-electron chi connectivity index (χ3n) is 3.68. The minimum absolute atomic E-state index is 0.0709. The van der Waals surface area contributed by atoms with E-state index < -0.39 is 5.97 Å². The minimum Gasteiger partial charge on any atom is -0.481 e. The maximum Gasteiger partial charge on any atom is 0.306 e. The number of rotatable bonds is 4. The molecule has 0 amide bonds. The van der Waals surface area contributed by atoms with E-state index in [-0.39, 0.29) is 17.9 Å². The van der Waals surface area contributed by atoms with E-state index >= 15 is 0 Å². The van der Waals surface area contributed by atoms with Crippen LogP contribution in [0.3, 0.4) is 0 Å². The molecule has 0 spiro atoms. The summed E-state index contributed by atoms with van der Waals surface area (Å²) < 4.78 is 5.77. The molecule has 0 aliphatic carbocycles. The van der Waals surface area contributed by atoms with Crippen molar-refractivity contribution in [2.24, 2.45) is 11.8 Å². The van der Waals surface area contributed by atoms with Gasteiger partial charge in [-0.1, -0.05) is 38.1 Å². The van der Waals surface area contributed by atoms with Gasteiger partial charge in [0.25, 0.3) is 0 Å². The second-order valence-corrected chi connectivity index (χ2v) is 5.23. The van der Waals surface area contributed by atoms with Crippen LogP contribution in [-0.4, -0.2) is 17.7 Å². The van der Waals surface area contributed by atoms with Crippen LogP contribution >= 0.6 is 0 Å². The van der Waals surface area contributed by atoms with E-state index in [9.17, 15) is 9.90 Å². The van der Waals surface area contributed by atoms with Crippen molar-refractivity contribution in [3.05, 3.63) is 35.4 Å².